The van der Waals surface area contributed by atoms with Crippen LogP contribution in [-0.4, -0.2) is 19.7 Å². The smallest absolute Gasteiger partial charge is 0.185 e. The molecule has 1 aromatic carbocycles. The summed E-state index contributed by atoms with van der Waals surface area (Å²) in [6.45, 7) is 3.79. The Labute approximate surface area is 111 Å². The van der Waals surface area contributed by atoms with Crippen molar-refractivity contribution < 1.29 is 17.2 Å². The Morgan fingerprint density at radius 2 is 1.95 bits per heavy atom. The zero-order valence-electron chi connectivity index (χ0n) is 10.9. The van der Waals surface area contributed by atoms with Gasteiger partial charge in [0.25, 0.3) is 0 Å². The third-order valence-corrected chi connectivity index (χ3v) is 6.25. The quantitative estimate of drug-likeness (QED) is 0.850. The van der Waals surface area contributed by atoms with Crippen LogP contribution in [0, 0.1) is 17.0 Å². The molecule has 19 heavy (non-hydrogen) atoms. The van der Waals surface area contributed by atoms with Gasteiger partial charge in [-0.05, 0) is 30.4 Å². The van der Waals surface area contributed by atoms with E-state index < -0.39 is 37.7 Å². The zero-order chi connectivity index (χ0) is 14.4. The third-order valence-electron chi connectivity index (χ3n) is 3.98. The first kappa shape index (κ1) is 14.4. The summed E-state index contributed by atoms with van der Waals surface area (Å²) in [5, 5.41) is -0.817. The standard InChI is InChI=1S/C13H17F2NO2S/c1-13(2)6-5-11(12(13)16)19(17,18)10-4-3-8(14)7-9(10)15/h3-4,7,11-12H,5-6,16H2,1-2H3. The number of nitrogens with two attached hydrogens (primary N) is 1. The number of halogens is 2. The highest BCUT2D eigenvalue weighted by molar-refractivity contribution is 7.92. The molecule has 0 amide bonds. The van der Waals surface area contributed by atoms with Gasteiger partial charge in [0, 0.05) is 12.1 Å². The van der Waals surface area contributed by atoms with Gasteiger partial charge in [0.15, 0.2) is 9.84 Å². The van der Waals surface area contributed by atoms with Gasteiger partial charge >= 0.3 is 0 Å². The average Bonchev–Trinajstić information content (AvgIpc) is 2.53. The van der Waals surface area contributed by atoms with Gasteiger partial charge in [0.1, 0.15) is 16.5 Å². The van der Waals surface area contributed by atoms with Crippen molar-refractivity contribution in [1.82, 2.24) is 0 Å². The second-order valence-corrected chi connectivity index (χ2v) is 7.85. The molecule has 1 aliphatic carbocycles. The van der Waals surface area contributed by atoms with E-state index in [1.807, 2.05) is 13.8 Å². The molecule has 3 nitrogen and oxygen atoms in total. The molecule has 0 aromatic heterocycles. The Hall–Kier alpha value is -1.01. The van der Waals surface area contributed by atoms with Crippen molar-refractivity contribution in [2.45, 2.75) is 42.9 Å². The number of hydrogen-bond donors (Lipinski definition) is 1. The Bertz CT molecular complexity index is 599. The summed E-state index contributed by atoms with van der Waals surface area (Å²) in [6.07, 6.45) is 1.06. The SMILES string of the molecule is CC1(C)CCC(S(=O)(=O)c2ccc(F)cc2F)C1N. The molecule has 0 heterocycles. The number of sulfone groups is 1. The van der Waals surface area contributed by atoms with Gasteiger partial charge in [-0.15, -0.1) is 0 Å². The fraction of sp³-hybridized carbons (Fsp3) is 0.538. The summed E-state index contributed by atoms with van der Waals surface area (Å²) in [4.78, 5) is -0.466. The second kappa shape index (κ2) is 4.52. The highest BCUT2D eigenvalue weighted by Gasteiger charge is 2.46. The number of benzene rings is 1. The van der Waals surface area contributed by atoms with Gasteiger partial charge in [-0.1, -0.05) is 13.8 Å². The van der Waals surface area contributed by atoms with E-state index in [4.69, 9.17) is 5.73 Å². The molecule has 2 rings (SSSR count). The number of rotatable bonds is 2. The molecule has 1 aliphatic rings. The third kappa shape index (κ3) is 2.39. The molecule has 1 saturated carbocycles. The molecular weight excluding hydrogens is 272 g/mol. The molecule has 2 N–H and O–H groups in total. The van der Waals surface area contributed by atoms with Crippen LogP contribution in [0.15, 0.2) is 23.1 Å². The van der Waals surface area contributed by atoms with Gasteiger partial charge in [-0.2, -0.15) is 0 Å². The van der Waals surface area contributed by atoms with E-state index in [9.17, 15) is 17.2 Å². The van der Waals surface area contributed by atoms with Gasteiger partial charge in [0.2, 0.25) is 0 Å². The van der Waals surface area contributed by atoms with Crippen molar-refractivity contribution in [3.05, 3.63) is 29.8 Å². The molecule has 0 radical (unpaired) electrons. The molecule has 106 valence electrons. The van der Waals surface area contributed by atoms with E-state index in [1.165, 1.54) is 0 Å². The van der Waals surface area contributed by atoms with Crippen LogP contribution in [-0.2, 0) is 9.84 Å². The lowest BCUT2D eigenvalue weighted by molar-refractivity contribution is 0.332. The molecule has 0 bridgehead atoms. The summed E-state index contributed by atoms with van der Waals surface area (Å²) >= 11 is 0. The van der Waals surface area contributed by atoms with Crippen LogP contribution in [0.3, 0.4) is 0 Å². The van der Waals surface area contributed by atoms with Gasteiger partial charge < -0.3 is 5.73 Å². The van der Waals surface area contributed by atoms with Crippen LogP contribution in [0.5, 0.6) is 0 Å². The van der Waals surface area contributed by atoms with Gasteiger partial charge in [-0.25, -0.2) is 17.2 Å². The molecule has 2 unspecified atom stereocenters. The van der Waals surface area contributed by atoms with Gasteiger partial charge in [0.05, 0.1) is 5.25 Å². The molecule has 2 atom stereocenters. The maximum atomic E-state index is 13.7. The lowest BCUT2D eigenvalue weighted by atomic mass is 9.88. The highest BCUT2D eigenvalue weighted by Crippen LogP contribution is 2.41. The van der Waals surface area contributed by atoms with Crippen molar-refractivity contribution >= 4 is 9.84 Å². The minimum Gasteiger partial charge on any atom is -0.326 e. The highest BCUT2D eigenvalue weighted by atomic mass is 32.2. The van der Waals surface area contributed by atoms with E-state index >= 15 is 0 Å². The number of hydrogen-bond acceptors (Lipinski definition) is 3. The predicted molar refractivity (Wildman–Crippen MR) is 68.3 cm³/mol. The lowest BCUT2D eigenvalue weighted by Crippen LogP contribution is -2.43. The lowest BCUT2D eigenvalue weighted by Gasteiger charge is -2.26. The van der Waals surface area contributed by atoms with Crippen molar-refractivity contribution in [2.24, 2.45) is 11.1 Å². The molecule has 1 aromatic rings. The molecule has 0 saturated heterocycles. The monoisotopic (exact) mass is 289 g/mol. The Morgan fingerprint density at radius 1 is 1.32 bits per heavy atom. The molecule has 6 heteroatoms. The average molecular weight is 289 g/mol. The fourth-order valence-corrected chi connectivity index (χ4v) is 4.68. The maximum absolute atomic E-state index is 13.7. The first-order valence-corrected chi connectivity index (χ1v) is 7.65. The summed E-state index contributed by atoms with van der Waals surface area (Å²) in [7, 11) is -3.87. The van der Waals surface area contributed by atoms with Crippen molar-refractivity contribution in [1.29, 1.82) is 0 Å². The van der Waals surface area contributed by atoms with Crippen LogP contribution in [0.25, 0.3) is 0 Å². The van der Waals surface area contributed by atoms with E-state index in [-0.39, 0.29) is 5.41 Å². The van der Waals surface area contributed by atoms with Crippen LogP contribution < -0.4 is 5.73 Å². The molecule has 1 fully saturated rings. The fourth-order valence-electron chi connectivity index (χ4n) is 2.58. The first-order valence-electron chi connectivity index (χ1n) is 6.11. The maximum Gasteiger partial charge on any atom is 0.185 e. The predicted octanol–water partition coefficient (Wildman–Crippen LogP) is 2.25. The van der Waals surface area contributed by atoms with E-state index in [2.05, 4.69) is 0 Å². The Balaban J connectivity index is 2.44. The largest absolute Gasteiger partial charge is 0.326 e. The van der Waals surface area contributed by atoms with Crippen molar-refractivity contribution in [3.8, 4) is 0 Å². The van der Waals surface area contributed by atoms with Crippen LogP contribution in [0.2, 0.25) is 0 Å². The van der Waals surface area contributed by atoms with Crippen LogP contribution in [0.4, 0.5) is 8.78 Å². The van der Waals surface area contributed by atoms with Crippen molar-refractivity contribution in [2.75, 3.05) is 0 Å². The van der Waals surface area contributed by atoms with E-state index in [0.29, 0.717) is 18.9 Å². The first-order chi connectivity index (χ1) is 8.66. The normalized spacial score (nSPS) is 26.6. The summed E-state index contributed by atoms with van der Waals surface area (Å²) in [6, 6.07) is 1.94. The second-order valence-electron chi connectivity index (χ2n) is 5.71. The van der Waals surface area contributed by atoms with E-state index in [0.717, 1.165) is 12.1 Å². The van der Waals surface area contributed by atoms with Crippen molar-refractivity contribution in [3.63, 3.8) is 0 Å². The molecule has 0 aliphatic heterocycles. The molecular formula is C13H17F2NO2S. The van der Waals surface area contributed by atoms with E-state index in [1.54, 1.807) is 0 Å². The minimum absolute atomic E-state index is 0.297. The molecule has 0 spiro atoms. The summed E-state index contributed by atoms with van der Waals surface area (Å²) < 4.78 is 51.4. The van der Waals surface area contributed by atoms with Crippen LogP contribution >= 0.6 is 0 Å². The van der Waals surface area contributed by atoms with Gasteiger partial charge in [-0.3, -0.25) is 0 Å². The summed E-state index contributed by atoms with van der Waals surface area (Å²) in [5.74, 6) is -1.86. The van der Waals surface area contributed by atoms with Crippen LogP contribution in [0.1, 0.15) is 26.7 Å². The Morgan fingerprint density at radius 3 is 2.42 bits per heavy atom. The topological polar surface area (TPSA) is 60.2 Å². The zero-order valence-corrected chi connectivity index (χ0v) is 11.7. The summed E-state index contributed by atoms with van der Waals surface area (Å²) in [5.41, 5.74) is 5.69. The Kier molecular flexibility index (Phi) is 3.43. The minimum atomic E-state index is -3.87.